The Bertz CT molecular complexity index is 714. The minimum absolute atomic E-state index is 0.0146. The van der Waals surface area contributed by atoms with E-state index in [9.17, 15) is 14.9 Å². The minimum atomic E-state index is -0.486. The Labute approximate surface area is 120 Å². The predicted molar refractivity (Wildman–Crippen MR) is 76.1 cm³/mol. The van der Waals surface area contributed by atoms with E-state index in [0.29, 0.717) is 22.6 Å². The number of rotatable bonds is 4. The zero-order valence-corrected chi connectivity index (χ0v) is 11.5. The van der Waals surface area contributed by atoms with E-state index in [2.05, 4.69) is 4.74 Å². The Morgan fingerprint density at radius 3 is 2.76 bits per heavy atom. The third-order valence-corrected chi connectivity index (χ3v) is 2.83. The number of furan rings is 1. The molecular weight excluding hydrogens is 274 g/mol. The number of benzene rings is 1. The van der Waals surface area contributed by atoms with E-state index in [1.807, 2.05) is 0 Å². The van der Waals surface area contributed by atoms with Gasteiger partial charge in [-0.2, -0.15) is 0 Å². The van der Waals surface area contributed by atoms with Crippen LogP contribution in [0.1, 0.15) is 23.0 Å². The maximum Gasteiger partial charge on any atom is 0.337 e. The highest BCUT2D eigenvalue weighted by molar-refractivity contribution is 5.90. The monoisotopic (exact) mass is 287 g/mol. The van der Waals surface area contributed by atoms with Crippen molar-refractivity contribution in [3.63, 3.8) is 0 Å². The lowest BCUT2D eigenvalue weighted by Crippen LogP contribution is -2.00. The normalized spacial score (nSPS) is 11.2. The number of nitrogens with zero attached hydrogens (tertiary/aromatic N) is 1. The van der Waals surface area contributed by atoms with E-state index in [-0.39, 0.29) is 5.70 Å². The van der Waals surface area contributed by atoms with Crippen molar-refractivity contribution in [2.24, 2.45) is 0 Å². The highest BCUT2D eigenvalue weighted by Crippen LogP contribution is 2.24. The fourth-order valence-electron chi connectivity index (χ4n) is 1.76. The van der Waals surface area contributed by atoms with Crippen molar-refractivity contribution in [3.05, 3.63) is 63.5 Å². The summed E-state index contributed by atoms with van der Waals surface area (Å²) in [5.74, 6) is 0.457. The second-order valence-corrected chi connectivity index (χ2v) is 4.32. The summed E-state index contributed by atoms with van der Waals surface area (Å²) in [6, 6.07) is 10.1. The van der Waals surface area contributed by atoms with Crippen LogP contribution in [-0.2, 0) is 4.74 Å². The van der Waals surface area contributed by atoms with Gasteiger partial charge in [0.25, 0.3) is 0 Å². The average molecular weight is 287 g/mol. The molecule has 1 aromatic heterocycles. The maximum absolute atomic E-state index is 11.5. The van der Waals surface area contributed by atoms with Crippen LogP contribution in [0.25, 0.3) is 17.4 Å². The van der Waals surface area contributed by atoms with E-state index < -0.39 is 10.9 Å². The van der Waals surface area contributed by atoms with Crippen LogP contribution in [0.4, 0.5) is 0 Å². The zero-order chi connectivity index (χ0) is 15.4. The molecule has 2 rings (SSSR count). The summed E-state index contributed by atoms with van der Waals surface area (Å²) in [6.07, 6.45) is 1.34. The van der Waals surface area contributed by atoms with Crippen molar-refractivity contribution in [1.82, 2.24) is 0 Å². The summed E-state index contributed by atoms with van der Waals surface area (Å²) < 4.78 is 10.2. The molecule has 0 aliphatic carbocycles. The first kappa shape index (κ1) is 14.5. The Kier molecular flexibility index (Phi) is 4.18. The SMILES string of the molecule is COC(=O)c1cccc(-c2ccc(C=C(C)[N+](=O)[O-])o2)c1. The lowest BCUT2D eigenvalue weighted by atomic mass is 10.1. The number of hydrogen-bond donors (Lipinski definition) is 0. The molecule has 0 aliphatic rings. The number of nitro groups is 1. The number of carbonyl (C=O) groups is 1. The summed E-state index contributed by atoms with van der Waals surface area (Å²) in [7, 11) is 1.31. The maximum atomic E-state index is 11.5. The number of ether oxygens (including phenoxy) is 1. The Balaban J connectivity index is 2.32. The first-order valence-corrected chi connectivity index (χ1v) is 6.12. The summed E-state index contributed by atoms with van der Waals surface area (Å²) in [5, 5.41) is 10.6. The summed E-state index contributed by atoms with van der Waals surface area (Å²) >= 11 is 0. The molecule has 21 heavy (non-hydrogen) atoms. The van der Waals surface area contributed by atoms with Crippen molar-refractivity contribution in [3.8, 4) is 11.3 Å². The lowest BCUT2D eigenvalue weighted by molar-refractivity contribution is -0.422. The molecule has 0 saturated heterocycles. The van der Waals surface area contributed by atoms with Crippen molar-refractivity contribution in [2.45, 2.75) is 6.92 Å². The molecule has 0 unspecified atom stereocenters. The third-order valence-electron chi connectivity index (χ3n) is 2.83. The van der Waals surface area contributed by atoms with Crippen LogP contribution in [-0.4, -0.2) is 18.0 Å². The first-order chi connectivity index (χ1) is 10.0. The molecule has 0 saturated carbocycles. The van der Waals surface area contributed by atoms with Gasteiger partial charge in [0.2, 0.25) is 5.70 Å². The van der Waals surface area contributed by atoms with Crippen LogP contribution in [0.3, 0.4) is 0 Å². The molecule has 0 amide bonds. The van der Waals surface area contributed by atoms with Gasteiger partial charge in [-0.05, 0) is 24.3 Å². The minimum Gasteiger partial charge on any atom is -0.465 e. The van der Waals surface area contributed by atoms with E-state index in [4.69, 9.17) is 4.42 Å². The second kappa shape index (κ2) is 6.04. The second-order valence-electron chi connectivity index (χ2n) is 4.32. The van der Waals surface area contributed by atoms with E-state index in [0.717, 1.165) is 0 Å². The van der Waals surface area contributed by atoms with E-state index in [1.165, 1.54) is 20.1 Å². The molecule has 6 nitrogen and oxygen atoms in total. The summed E-state index contributed by atoms with van der Waals surface area (Å²) in [5.41, 5.74) is 1.08. The molecular formula is C15H13NO5. The van der Waals surface area contributed by atoms with Crippen LogP contribution in [0.15, 0.2) is 46.5 Å². The third kappa shape index (κ3) is 3.36. The van der Waals surface area contributed by atoms with Gasteiger partial charge in [0.05, 0.1) is 23.7 Å². The topological polar surface area (TPSA) is 82.6 Å². The molecule has 0 N–H and O–H groups in total. The van der Waals surface area contributed by atoms with Crippen molar-refractivity contribution >= 4 is 12.0 Å². The van der Waals surface area contributed by atoms with Gasteiger partial charge in [0.15, 0.2) is 0 Å². The molecule has 0 fully saturated rings. The lowest BCUT2D eigenvalue weighted by Gasteiger charge is -2.01. The van der Waals surface area contributed by atoms with Crippen LogP contribution in [0.2, 0.25) is 0 Å². The van der Waals surface area contributed by atoms with Gasteiger partial charge < -0.3 is 9.15 Å². The fraction of sp³-hybridized carbons (Fsp3) is 0.133. The van der Waals surface area contributed by atoms with E-state index >= 15 is 0 Å². The molecule has 108 valence electrons. The van der Waals surface area contributed by atoms with Gasteiger partial charge in [-0.25, -0.2) is 4.79 Å². The van der Waals surface area contributed by atoms with Gasteiger partial charge in [0.1, 0.15) is 11.5 Å². The first-order valence-electron chi connectivity index (χ1n) is 6.12. The fourth-order valence-corrected chi connectivity index (χ4v) is 1.76. The highest BCUT2D eigenvalue weighted by Gasteiger charge is 2.10. The summed E-state index contributed by atoms with van der Waals surface area (Å²) in [6.45, 7) is 1.39. The standard InChI is InChI=1S/C15H13NO5/c1-10(16(18)19)8-13-6-7-14(21-13)11-4-3-5-12(9-11)15(17)20-2/h3-9H,1-2H3. The van der Waals surface area contributed by atoms with Gasteiger partial charge in [0, 0.05) is 12.5 Å². The quantitative estimate of drug-likeness (QED) is 0.489. The zero-order valence-electron chi connectivity index (χ0n) is 11.5. The molecule has 0 radical (unpaired) electrons. The van der Waals surface area contributed by atoms with Gasteiger partial charge >= 0.3 is 5.97 Å². The van der Waals surface area contributed by atoms with Gasteiger partial charge in [-0.3, -0.25) is 10.1 Å². The summed E-state index contributed by atoms with van der Waals surface area (Å²) in [4.78, 5) is 21.6. The molecule has 6 heteroatoms. The highest BCUT2D eigenvalue weighted by atomic mass is 16.6. The predicted octanol–water partition coefficient (Wildman–Crippen LogP) is 3.37. The van der Waals surface area contributed by atoms with Crippen molar-refractivity contribution in [1.29, 1.82) is 0 Å². The average Bonchev–Trinajstić information content (AvgIpc) is 2.95. The van der Waals surface area contributed by atoms with Gasteiger partial charge in [-0.15, -0.1) is 0 Å². The molecule has 0 bridgehead atoms. The Morgan fingerprint density at radius 2 is 2.10 bits per heavy atom. The molecule has 0 atom stereocenters. The number of allylic oxidation sites excluding steroid dienone is 1. The molecule has 2 aromatic rings. The largest absolute Gasteiger partial charge is 0.465 e. The van der Waals surface area contributed by atoms with Crippen molar-refractivity contribution < 1.29 is 18.9 Å². The van der Waals surface area contributed by atoms with Crippen LogP contribution in [0.5, 0.6) is 0 Å². The number of hydrogen-bond acceptors (Lipinski definition) is 5. The molecule has 0 spiro atoms. The molecule has 1 heterocycles. The Hall–Kier alpha value is -2.89. The van der Waals surface area contributed by atoms with Crippen LogP contribution in [0, 0.1) is 10.1 Å². The van der Waals surface area contributed by atoms with E-state index in [1.54, 1.807) is 36.4 Å². The number of methoxy groups -OCH3 is 1. The smallest absolute Gasteiger partial charge is 0.337 e. The molecule has 1 aromatic carbocycles. The van der Waals surface area contributed by atoms with Crippen molar-refractivity contribution in [2.75, 3.05) is 7.11 Å². The number of carbonyl (C=O) groups excluding carboxylic acids is 1. The molecule has 0 aliphatic heterocycles. The Morgan fingerprint density at radius 1 is 1.33 bits per heavy atom. The van der Waals surface area contributed by atoms with Gasteiger partial charge in [-0.1, -0.05) is 12.1 Å². The van der Waals surface area contributed by atoms with Crippen LogP contribution < -0.4 is 0 Å². The van der Waals surface area contributed by atoms with Crippen LogP contribution >= 0.6 is 0 Å². The number of esters is 1.